The molecule has 0 spiro atoms. The second kappa shape index (κ2) is 8.61. The highest BCUT2D eigenvalue weighted by Crippen LogP contribution is 2.32. The van der Waals surface area contributed by atoms with Crippen LogP contribution >= 0.6 is 11.3 Å². The first-order chi connectivity index (χ1) is 17.5. The van der Waals surface area contributed by atoms with Gasteiger partial charge < -0.3 is 14.8 Å². The first-order valence-corrected chi connectivity index (χ1v) is 11.9. The van der Waals surface area contributed by atoms with Crippen molar-refractivity contribution in [3.05, 3.63) is 86.7 Å². The third kappa shape index (κ3) is 3.89. The number of benzene rings is 2. The molecule has 1 N–H and O–H groups in total. The van der Waals surface area contributed by atoms with E-state index in [0.29, 0.717) is 22.2 Å². The Morgan fingerprint density at radius 2 is 1.94 bits per heavy atom. The first-order valence-electron chi connectivity index (χ1n) is 11.1. The molecule has 4 heterocycles. The number of aromatic nitrogens is 4. The smallest absolute Gasteiger partial charge is 0.332 e. The van der Waals surface area contributed by atoms with Crippen molar-refractivity contribution in [2.24, 2.45) is 0 Å². The van der Waals surface area contributed by atoms with Crippen molar-refractivity contribution in [2.75, 3.05) is 12.1 Å². The summed E-state index contributed by atoms with van der Waals surface area (Å²) >= 11 is 1.36. The molecule has 11 heteroatoms. The summed E-state index contributed by atoms with van der Waals surface area (Å²) in [6, 6.07) is 14.3. The van der Waals surface area contributed by atoms with Gasteiger partial charge in [0.05, 0.1) is 22.3 Å². The second-order valence-corrected chi connectivity index (χ2v) is 9.39. The Balaban J connectivity index is 1.35. The summed E-state index contributed by atoms with van der Waals surface area (Å²) in [6.45, 7) is 1.79. The fraction of sp³-hybridized carbons (Fsp3) is 0.160. The van der Waals surface area contributed by atoms with Gasteiger partial charge in [-0.2, -0.15) is 0 Å². The number of anilines is 1. The predicted molar refractivity (Wildman–Crippen MR) is 135 cm³/mol. The van der Waals surface area contributed by atoms with Crippen molar-refractivity contribution < 1.29 is 14.3 Å². The standard InChI is InChI=1S/C25H19N5O5S/c1-14-4-6-16-20(9-14)36-24(27-16)28-21(31)12-29-17-3-2-8-26-22(17)23(32)30(25(29)33)11-15-5-7-18-19(10-15)35-13-34-18/h2-10H,11-13H2,1H3,(H,27,28,31). The van der Waals surface area contributed by atoms with Gasteiger partial charge in [0.15, 0.2) is 22.1 Å². The van der Waals surface area contributed by atoms with Crippen molar-refractivity contribution >= 4 is 43.6 Å². The van der Waals surface area contributed by atoms with E-state index in [4.69, 9.17) is 9.47 Å². The number of carbonyl (C=O) groups excluding carboxylic acids is 1. The highest BCUT2D eigenvalue weighted by atomic mass is 32.1. The summed E-state index contributed by atoms with van der Waals surface area (Å²) in [4.78, 5) is 48.2. The number of fused-ring (bicyclic) bond motifs is 3. The van der Waals surface area contributed by atoms with Crippen LogP contribution in [0.25, 0.3) is 21.3 Å². The fourth-order valence-electron chi connectivity index (χ4n) is 4.14. The van der Waals surface area contributed by atoms with E-state index in [0.717, 1.165) is 20.3 Å². The SMILES string of the molecule is Cc1ccc2nc(NC(=O)Cn3c(=O)n(Cc4ccc5c(c4)OCO5)c(=O)c4ncccc43)sc2c1. The number of hydrogen-bond donors (Lipinski definition) is 1. The molecule has 2 aromatic carbocycles. The molecule has 180 valence electrons. The third-order valence-electron chi connectivity index (χ3n) is 5.86. The van der Waals surface area contributed by atoms with E-state index in [2.05, 4.69) is 15.3 Å². The molecule has 0 saturated carbocycles. The second-order valence-electron chi connectivity index (χ2n) is 8.36. The third-order valence-corrected chi connectivity index (χ3v) is 6.79. The van der Waals surface area contributed by atoms with Gasteiger partial charge in [0.25, 0.3) is 5.56 Å². The minimum atomic E-state index is -0.617. The van der Waals surface area contributed by atoms with Gasteiger partial charge in [-0.05, 0) is 54.4 Å². The summed E-state index contributed by atoms with van der Waals surface area (Å²) in [7, 11) is 0. The van der Waals surface area contributed by atoms with Crippen LogP contribution in [0.2, 0.25) is 0 Å². The van der Waals surface area contributed by atoms with Gasteiger partial charge in [0.1, 0.15) is 6.54 Å². The average Bonchev–Trinajstić information content (AvgIpc) is 3.50. The van der Waals surface area contributed by atoms with Gasteiger partial charge >= 0.3 is 5.69 Å². The van der Waals surface area contributed by atoms with Gasteiger partial charge in [-0.3, -0.25) is 18.7 Å². The number of aryl methyl sites for hydroxylation is 1. The summed E-state index contributed by atoms with van der Waals surface area (Å²) in [5, 5.41) is 3.21. The Hall–Kier alpha value is -4.51. The van der Waals surface area contributed by atoms with Crippen LogP contribution in [0, 0.1) is 6.92 Å². The molecule has 0 bridgehead atoms. The molecule has 36 heavy (non-hydrogen) atoms. The topological polar surface area (TPSA) is 117 Å². The highest BCUT2D eigenvalue weighted by Gasteiger charge is 2.19. The zero-order valence-corrected chi connectivity index (χ0v) is 19.9. The molecule has 1 aliphatic rings. The van der Waals surface area contributed by atoms with E-state index >= 15 is 0 Å². The first kappa shape index (κ1) is 22.0. The van der Waals surface area contributed by atoms with Crippen LogP contribution < -0.4 is 26.0 Å². The maximum Gasteiger partial charge on any atom is 0.332 e. The van der Waals surface area contributed by atoms with E-state index < -0.39 is 17.2 Å². The Bertz CT molecular complexity index is 1790. The molecule has 0 radical (unpaired) electrons. The molecule has 1 aliphatic heterocycles. The van der Waals surface area contributed by atoms with Crippen molar-refractivity contribution in [1.82, 2.24) is 19.1 Å². The van der Waals surface area contributed by atoms with Crippen LogP contribution in [-0.4, -0.2) is 31.8 Å². The molecular formula is C25H19N5O5S. The largest absolute Gasteiger partial charge is 0.454 e. The quantitative estimate of drug-likeness (QED) is 0.394. The number of rotatable bonds is 5. The molecule has 0 unspecified atom stereocenters. The van der Waals surface area contributed by atoms with Crippen LogP contribution in [0.5, 0.6) is 11.5 Å². The Kier molecular flexibility index (Phi) is 5.26. The lowest BCUT2D eigenvalue weighted by Gasteiger charge is -2.13. The number of nitrogens with zero attached hydrogens (tertiary/aromatic N) is 4. The van der Waals surface area contributed by atoms with Gasteiger partial charge in [0.2, 0.25) is 12.7 Å². The zero-order valence-electron chi connectivity index (χ0n) is 19.1. The molecule has 10 nitrogen and oxygen atoms in total. The molecule has 0 atom stereocenters. The number of carbonyl (C=O) groups is 1. The summed E-state index contributed by atoms with van der Waals surface area (Å²) in [5.41, 5.74) is 1.78. The zero-order chi connectivity index (χ0) is 24.8. The van der Waals surface area contributed by atoms with Crippen molar-refractivity contribution in [3.8, 4) is 11.5 Å². The van der Waals surface area contributed by atoms with Gasteiger partial charge in [0, 0.05) is 6.20 Å². The maximum absolute atomic E-state index is 13.5. The van der Waals surface area contributed by atoms with E-state index in [1.54, 1.807) is 30.3 Å². The number of hydrogen-bond acceptors (Lipinski definition) is 8. The van der Waals surface area contributed by atoms with E-state index in [1.807, 2.05) is 25.1 Å². The number of amides is 1. The molecule has 0 aliphatic carbocycles. The molecule has 0 fully saturated rings. The van der Waals surface area contributed by atoms with Crippen LogP contribution in [0.4, 0.5) is 5.13 Å². The van der Waals surface area contributed by atoms with Gasteiger partial charge in [-0.25, -0.2) is 14.8 Å². The Labute approximate surface area is 207 Å². The minimum Gasteiger partial charge on any atom is -0.454 e. The molecule has 6 rings (SSSR count). The number of thiazole rings is 1. The van der Waals surface area contributed by atoms with Gasteiger partial charge in [-0.15, -0.1) is 0 Å². The number of ether oxygens (including phenoxy) is 2. The summed E-state index contributed by atoms with van der Waals surface area (Å²) in [6.07, 6.45) is 1.48. The van der Waals surface area contributed by atoms with Gasteiger partial charge in [-0.1, -0.05) is 23.5 Å². The average molecular weight is 502 g/mol. The lowest BCUT2D eigenvalue weighted by molar-refractivity contribution is -0.116. The van der Waals surface area contributed by atoms with Crippen molar-refractivity contribution in [1.29, 1.82) is 0 Å². The van der Waals surface area contributed by atoms with E-state index in [9.17, 15) is 14.4 Å². The number of nitrogens with one attached hydrogen (secondary N) is 1. The summed E-state index contributed by atoms with van der Waals surface area (Å²) in [5.74, 6) is 0.710. The molecule has 1 amide bonds. The molecular weight excluding hydrogens is 482 g/mol. The fourth-order valence-corrected chi connectivity index (χ4v) is 5.12. The predicted octanol–water partition coefficient (Wildman–Crippen LogP) is 2.89. The normalized spacial score (nSPS) is 12.4. The van der Waals surface area contributed by atoms with Crippen molar-refractivity contribution in [3.63, 3.8) is 0 Å². The summed E-state index contributed by atoms with van der Waals surface area (Å²) < 4.78 is 14.0. The van der Waals surface area contributed by atoms with E-state index in [1.165, 1.54) is 22.1 Å². The number of pyridine rings is 1. The molecule has 3 aromatic heterocycles. The molecule has 5 aromatic rings. The maximum atomic E-state index is 13.5. The minimum absolute atomic E-state index is 0.0142. The van der Waals surface area contributed by atoms with E-state index in [-0.39, 0.29) is 30.9 Å². The monoisotopic (exact) mass is 501 g/mol. The lowest BCUT2D eigenvalue weighted by atomic mass is 10.2. The van der Waals surface area contributed by atoms with Crippen LogP contribution in [0.15, 0.2) is 64.3 Å². The van der Waals surface area contributed by atoms with Crippen molar-refractivity contribution in [2.45, 2.75) is 20.0 Å². The highest BCUT2D eigenvalue weighted by molar-refractivity contribution is 7.22. The Morgan fingerprint density at radius 3 is 2.83 bits per heavy atom. The van der Waals surface area contributed by atoms with Crippen LogP contribution in [0.3, 0.4) is 0 Å². The van der Waals surface area contributed by atoms with Crippen LogP contribution in [-0.2, 0) is 17.9 Å². The Morgan fingerprint density at radius 1 is 1.08 bits per heavy atom. The van der Waals surface area contributed by atoms with Crippen LogP contribution in [0.1, 0.15) is 11.1 Å². The lowest BCUT2D eigenvalue weighted by Crippen LogP contribution is -2.42. The molecule has 0 saturated heterocycles.